The molecular formula is C12H12BrClN2S. The zero-order valence-electron chi connectivity index (χ0n) is 9.21. The van der Waals surface area contributed by atoms with Crippen molar-refractivity contribution in [3.8, 4) is 0 Å². The molecule has 1 unspecified atom stereocenters. The topological polar surface area (TPSA) is 38.0 Å². The molecule has 0 fully saturated rings. The molecule has 2 rings (SSSR count). The summed E-state index contributed by atoms with van der Waals surface area (Å²) in [6.45, 7) is 2.08. The molecule has 0 saturated heterocycles. The first-order chi connectivity index (χ1) is 8.11. The van der Waals surface area contributed by atoms with Gasteiger partial charge in [-0.25, -0.2) is 5.43 Å². The molecule has 2 nitrogen and oxygen atoms in total. The van der Waals surface area contributed by atoms with Crippen molar-refractivity contribution in [1.29, 1.82) is 0 Å². The quantitative estimate of drug-likeness (QED) is 0.658. The summed E-state index contributed by atoms with van der Waals surface area (Å²) in [4.78, 5) is 2.46. The van der Waals surface area contributed by atoms with E-state index in [0.717, 1.165) is 10.0 Å². The molecule has 0 aliphatic rings. The van der Waals surface area contributed by atoms with Crippen molar-refractivity contribution in [2.24, 2.45) is 5.84 Å². The van der Waals surface area contributed by atoms with Crippen LogP contribution >= 0.6 is 38.9 Å². The van der Waals surface area contributed by atoms with Gasteiger partial charge >= 0.3 is 0 Å². The van der Waals surface area contributed by atoms with Gasteiger partial charge in [-0.3, -0.25) is 5.84 Å². The minimum absolute atomic E-state index is 0.0136. The molecule has 0 aliphatic heterocycles. The molecule has 1 aromatic carbocycles. The van der Waals surface area contributed by atoms with E-state index in [1.807, 2.05) is 18.2 Å². The van der Waals surface area contributed by atoms with E-state index in [1.165, 1.54) is 9.75 Å². The van der Waals surface area contributed by atoms with Crippen molar-refractivity contribution < 1.29 is 0 Å². The number of hydrogen-bond donors (Lipinski definition) is 2. The molecule has 17 heavy (non-hydrogen) atoms. The monoisotopic (exact) mass is 330 g/mol. The zero-order chi connectivity index (χ0) is 12.4. The minimum atomic E-state index is -0.0136. The molecule has 0 saturated carbocycles. The average Bonchev–Trinajstić information content (AvgIpc) is 2.69. The lowest BCUT2D eigenvalue weighted by Crippen LogP contribution is -2.28. The average molecular weight is 332 g/mol. The standard InChI is InChI=1S/C12H12BrClN2S/c1-7-2-5-11(17-7)12(16-15)9-4-3-8(14)6-10(9)13/h2-6,12,16H,15H2,1H3. The molecule has 0 amide bonds. The molecule has 0 aliphatic carbocycles. The van der Waals surface area contributed by atoms with Crippen molar-refractivity contribution in [3.05, 3.63) is 55.1 Å². The maximum atomic E-state index is 5.94. The number of benzene rings is 1. The lowest BCUT2D eigenvalue weighted by Gasteiger charge is -2.16. The third-order valence-electron chi connectivity index (χ3n) is 2.49. The first-order valence-corrected chi connectivity index (χ1v) is 7.08. The van der Waals surface area contributed by atoms with Crippen LogP contribution in [0.4, 0.5) is 0 Å². The number of thiophene rings is 1. The van der Waals surface area contributed by atoms with Gasteiger partial charge in [-0.05, 0) is 36.8 Å². The van der Waals surface area contributed by atoms with Gasteiger partial charge in [-0.15, -0.1) is 11.3 Å². The second-order valence-corrected chi connectivity index (χ2v) is 6.32. The van der Waals surface area contributed by atoms with Gasteiger partial charge in [0.25, 0.3) is 0 Å². The molecular weight excluding hydrogens is 320 g/mol. The molecule has 1 atom stereocenters. The third-order valence-corrected chi connectivity index (χ3v) is 4.47. The second-order valence-electron chi connectivity index (χ2n) is 3.71. The number of halogens is 2. The van der Waals surface area contributed by atoms with Crippen molar-refractivity contribution in [2.45, 2.75) is 13.0 Å². The van der Waals surface area contributed by atoms with Gasteiger partial charge in [-0.1, -0.05) is 33.6 Å². The number of aryl methyl sites for hydroxylation is 1. The highest BCUT2D eigenvalue weighted by Gasteiger charge is 2.16. The molecule has 5 heteroatoms. The Balaban J connectivity index is 2.42. The van der Waals surface area contributed by atoms with Crippen LogP contribution in [0.3, 0.4) is 0 Å². The van der Waals surface area contributed by atoms with Gasteiger partial charge in [-0.2, -0.15) is 0 Å². The highest BCUT2D eigenvalue weighted by molar-refractivity contribution is 9.10. The van der Waals surface area contributed by atoms with Crippen LogP contribution in [0, 0.1) is 6.92 Å². The third kappa shape index (κ3) is 2.89. The number of hydrazine groups is 1. The number of rotatable bonds is 3. The molecule has 0 radical (unpaired) electrons. The highest BCUT2D eigenvalue weighted by atomic mass is 79.9. The summed E-state index contributed by atoms with van der Waals surface area (Å²) >= 11 is 11.2. The predicted molar refractivity (Wildman–Crippen MR) is 77.4 cm³/mol. The van der Waals surface area contributed by atoms with Crippen LogP contribution in [0.2, 0.25) is 5.02 Å². The Morgan fingerprint density at radius 1 is 1.35 bits per heavy atom. The summed E-state index contributed by atoms with van der Waals surface area (Å²) in [6.07, 6.45) is 0. The van der Waals surface area contributed by atoms with Gasteiger partial charge in [0, 0.05) is 19.2 Å². The van der Waals surface area contributed by atoms with Crippen molar-refractivity contribution >= 4 is 38.9 Å². The largest absolute Gasteiger partial charge is 0.271 e. The molecule has 0 spiro atoms. The Kier molecular flexibility index (Phi) is 4.22. The van der Waals surface area contributed by atoms with Gasteiger partial charge in [0.1, 0.15) is 0 Å². The molecule has 3 N–H and O–H groups in total. The van der Waals surface area contributed by atoms with E-state index < -0.39 is 0 Å². The molecule has 2 aromatic rings. The van der Waals surface area contributed by atoms with Crippen molar-refractivity contribution in [2.75, 3.05) is 0 Å². The van der Waals surface area contributed by atoms with E-state index in [1.54, 1.807) is 11.3 Å². The molecule has 0 bridgehead atoms. The zero-order valence-corrected chi connectivity index (χ0v) is 12.4. The van der Waals surface area contributed by atoms with E-state index in [-0.39, 0.29) is 6.04 Å². The van der Waals surface area contributed by atoms with E-state index in [2.05, 4.69) is 40.4 Å². The van der Waals surface area contributed by atoms with Gasteiger partial charge in [0.05, 0.1) is 6.04 Å². The fraction of sp³-hybridized carbons (Fsp3) is 0.167. The van der Waals surface area contributed by atoms with E-state index in [9.17, 15) is 0 Å². The summed E-state index contributed by atoms with van der Waals surface area (Å²) in [5, 5.41) is 0.707. The minimum Gasteiger partial charge on any atom is -0.271 e. The number of nitrogens with two attached hydrogens (primary N) is 1. The van der Waals surface area contributed by atoms with Gasteiger partial charge < -0.3 is 0 Å². The summed E-state index contributed by atoms with van der Waals surface area (Å²) in [6, 6.07) is 9.89. The van der Waals surface area contributed by atoms with Gasteiger partial charge in [0.2, 0.25) is 0 Å². The van der Waals surface area contributed by atoms with Crippen LogP contribution in [0.15, 0.2) is 34.8 Å². The smallest absolute Gasteiger partial charge is 0.0813 e. The first-order valence-electron chi connectivity index (χ1n) is 5.09. The Hall–Kier alpha value is -0.390. The van der Waals surface area contributed by atoms with E-state index in [4.69, 9.17) is 17.4 Å². The molecule has 90 valence electrons. The van der Waals surface area contributed by atoms with Crippen LogP contribution in [0.1, 0.15) is 21.4 Å². The van der Waals surface area contributed by atoms with Crippen molar-refractivity contribution in [3.63, 3.8) is 0 Å². The number of nitrogens with one attached hydrogen (secondary N) is 1. The fourth-order valence-electron chi connectivity index (χ4n) is 1.67. The SMILES string of the molecule is Cc1ccc(C(NN)c2ccc(Cl)cc2Br)s1. The Morgan fingerprint density at radius 3 is 2.65 bits per heavy atom. The lowest BCUT2D eigenvalue weighted by molar-refractivity contribution is 0.644. The van der Waals surface area contributed by atoms with Crippen LogP contribution in [0.25, 0.3) is 0 Å². The fourth-order valence-corrected chi connectivity index (χ4v) is 3.54. The normalized spacial score (nSPS) is 12.7. The lowest BCUT2D eigenvalue weighted by atomic mass is 10.1. The van der Waals surface area contributed by atoms with Crippen LogP contribution in [-0.2, 0) is 0 Å². The summed E-state index contributed by atoms with van der Waals surface area (Å²) in [5.41, 5.74) is 3.93. The molecule has 1 aromatic heterocycles. The van der Waals surface area contributed by atoms with Crippen LogP contribution < -0.4 is 11.3 Å². The maximum absolute atomic E-state index is 5.94. The second kappa shape index (κ2) is 5.50. The summed E-state index contributed by atoms with van der Waals surface area (Å²) < 4.78 is 0.957. The highest BCUT2D eigenvalue weighted by Crippen LogP contribution is 2.33. The Bertz CT molecular complexity index is 527. The van der Waals surface area contributed by atoms with Crippen LogP contribution in [0.5, 0.6) is 0 Å². The van der Waals surface area contributed by atoms with E-state index in [0.29, 0.717) is 5.02 Å². The Morgan fingerprint density at radius 2 is 2.12 bits per heavy atom. The van der Waals surface area contributed by atoms with Crippen molar-refractivity contribution in [1.82, 2.24) is 5.43 Å². The predicted octanol–water partition coefficient (Wildman–Crippen LogP) is 4.03. The van der Waals surface area contributed by atoms with Gasteiger partial charge in [0.15, 0.2) is 0 Å². The number of hydrogen-bond acceptors (Lipinski definition) is 3. The summed E-state index contributed by atoms with van der Waals surface area (Å²) in [5.74, 6) is 5.66. The maximum Gasteiger partial charge on any atom is 0.0813 e. The first kappa shape index (κ1) is 13.1. The van der Waals surface area contributed by atoms with Crippen LogP contribution in [-0.4, -0.2) is 0 Å². The Labute approximate surface area is 118 Å². The molecule has 1 heterocycles. The van der Waals surface area contributed by atoms with E-state index >= 15 is 0 Å². The summed E-state index contributed by atoms with van der Waals surface area (Å²) in [7, 11) is 0.